The molecule has 1 amide bonds. The molecule has 0 saturated carbocycles. The molecule has 0 radical (unpaired) electrons. The third-order valence-corrected chi connectivity index (χ3v) is 4.88. The van der Waals surface area contributed by atoms with Gasteiger partial charge in [0.15, 0.2) is 16.0 Å². The molecular weight excluding hydrogens is 370 g/mol. The quantitative estimate of drug-likeness (QED) is 0.519. The van der Waals surface area contributed by atoms with Crippen LogP contribution in [0.4, 0.5) is 16.1 Å². The lowest BCUT2D eigenvalue weighted by atomic mass is 10.3. The Balaban J connectivity index is 1.35. The Kier molecular flexibility index (Phi) is 4.71. The molecule has 2 N–H and O–H groups in total. The number of nitrogens with one attached hydrogen (secondary N) is 2. The van der Waals surface area contributed by atoms with Gasteiger partial charge in [-0.2, -0.15) is 0 Å². The molecule has 0 bridgehead atoms. The van der Waals surface area contributed by atoms with Crippen molar-refractivity contribution >= 4 is 44.7 Å². The molecule has 4 rings (SSSR count). The fourth-order valence-corrected chi connectivity index (χ4v) is 3.62. The van der Waals surface area contributed by atoms with Gasteiger partial charge in [-0.25, -0.2) is 15.0 Å². The van der Waals surface area contributed by atoms with Crippen molar-refractivity contribution in [1.82, 2.24) is 15.0 Å². The Morgan fingerprint density at radius 1 is 1.08 bits per heavy atom. The van der Waals surface area contributed by atoms with Gasteiger partial charge in [0.05, 0.1) is 18.4 Å². The van der Waals surface area contributed by atoms with Gasteiger partial charge >= 0.3 is 0 Å². The van der Waals surface area contributed by atoms with E-state index in [4.69, 9.17) is 4.42 Å². The molecule has 0 atom stereocenters. The highest BCUT2D eigenvalue weighted by Gasteiger charge is 2.12. The van der Waals surface area contributed by atoms with Crippen molar-refractivity contribution in [3.8, 4) is 11.5 Å². The first-order valence-corrected chi connectivity index (χ1v) is 9.44. The summed E-state index contributed by atoms with van der Waals surface area (Å²) in [6.07, 6.45) is 3.47. The molecule has 7 nitrogen and oxygen atoms in total. The molecule has 0 saturated heterocycles. The Morgan fingerprint density at radius 2 is 2.00 bits per heavy atom. The van der Waals surface area contributed by atoms with Crippen molar-refractivity contribution in [2.75, 3.05) is 10.6 Å². The molecular formula is C17H13N5O2S2. The molecule has 0 aliphatic carbocycles. The second-order valence-corrected chi connectivity index (χ2v) is 6.94. The number of carbonyl (C=O) groups excluding carboxylic acids is 1. The van der Waals surface area contributed by atoms with Crippen molar-refractivity contribution < 1.29 is 9.21 Å². The van der Waals surface area contributed by atoms with Gasteiger partial charge in [0, 0.05) is 17.0 Å². The molecule has 9 heteroatoms. The molecule has 0 spiro atoms. The van der Waals surface area contributed by atoms with Gasteiger partial charge in [0.25, 0.3) is 0 Å². The number of rotatable bonds is 6. The smallest absolute Gasteiger partial charge is 0.232 e. The number of hydrogen-bond donors (Lipinski definition) is 2. The van der Waals surface area contributed by atoms with E-state index in [-0.39, 0.29) is 12.3 Å². The Labute approximate surface area is 156 Å². The highest BCUT2D eigenvalue weighted by Crippen LogP contribution is 2.25. The van der Waals surface area contributed by atoms with E-state index < -0.39 is 0 Å². The van der Waals surface area contributed by atoms with E-state index in [0.717, 1.165) is 0 Å². The summed E-state index contributed by atoms with van der Waals surface area (Å²) >= 11 is 2.78. The topological polar surface area (TPSA) is 92.9 Å². The minimum Gasteiger partial charge on any atom is -0.463 e. The number of thiazole rings is 2. The number of aromatic nitrogens is 3. The van der Waals surface area contributed by atoms with E-state index >= 15 is 0 Å². The van der Waals surface area contributed by atoms with Crippen LogP contribution in [-0.2, 0) is 11.2 Å². The molecule has 0 aliphatic rings. The number of hydrogen-bond acceptors (Lipinski definition) is 8. The molecule has 0 aromatic carbocycles. The highest BCUT2D eigenvalue weighted by atomic mass is 32.1. The van der Waals surface area contributed by atoms with Crippen molar-refractivity contribution in [1.29, 1.82) is 0 Å². The summed E-state index contributed by atoms with van der Waals surface area (Å²) in [7, 11) is 0. The molecule has 0 fully saturated rings. The minimum atomic E-state index is -0.167. The summed E-state index contributed by atoms with van der Waals surface area (Å²) in [6, 6.07) is 9.21. The van der Waals surface area contributed by atoms with E-state index in [1.165, 1.54) is 22.7 Å². The lowest BCUT2D eigenvalue weighted by molar-refractivity contribution is -0.115. The zero-order chi connectivity index (χ0) is 17.8. The molecule has 4 aromatic heterocycles. The molecule has 0 aliphatic heterocycles. The van der Waals surface area contributed by atoms with Crippen LogP contribution in [0.3, 0.4) is 0 Å². The monoisotopic (exact) mass is 383 g/mol. The fourth-order valence-electron chi connectivity index (χ4n) is 2.19. The summed E-state index contributed by atoms with van der Waals surface area (Å²) in [5, 5.41) is 10.8. The second kappa shape index (κ2) is 7.46. The van der Waals surface area contributed by atoms with Crippen LogP contribution in [0.1, 0.15) is 5.69 Å². The molecule has 26 heavy (non-hydrogen) atoms. The third kappa shape index (κ3) is 3.95. The van der Waals surface area contributed by atoms with E-state index in [1.54, 1.807) is 18.5 Å². The van der Waals surface area contributed by atoms with Gasteiger partial charge in [0.1, 0.15) is 11.5 Å². The van der Waals surface area contributed by atoms with Gasteiger partial charge in [-0.1, -0.05) is 6.07 Å². The van der Waals surface area contributed by atoms with Crippen molar-refractivity contribution in [3.63, 3.8) is 0 Å². The van der Waals surface area contributed by atoms with Crippen molar-refractivity contribution in [2.24, 2.45) is 0 Å². The summed E-state index contributed by atoms with van der Waals surface area (Å²) in [5.74, 6) is 1.22. The molecule has 0 unspecified atom stereocenters. The molecule has 130 valence electrons. The lowest BCUT2D eigenvalue weighted by Gasteiger charge is -2.00. The standard InChI is InChI=1S/C17H13N5O2S2/c23-15(22-17-20-12(10-26-17)13-4-3-7-24-13)8-11-9-25-16(19-11)21-14-5-1-2-6-18-14/h1-7,9-10H,8H2,(H,18,19,21)(H,20,22,23). The van der Waals surface area contributed by atoms with Crippen LogP contribution in [0.15, 0.2) is 58.0 Å². The first-order chi connectivity index (χ1) is 12.8. The zero-order valence-electron chi connectivity index (χ0n) is 13.4. The van der Waals surface area contributed by atoms with Crippen LogP contribution in [0.2, 0.25) is 0 Å². The number of anilines is 3. The van der Waals surface area contributed by atoms with E-state index in [0.29, 0.717) is 33.2 Å². The van der Waals surface area contributed by atoms with Crippen LogP contribution in [0, 0.1) is 0 Å². The van der Waals surface area contributed by atoms with Gasteiger partial charge in [-0.3, -0.25) is 4.79 Å². The largest absolute Gasteiger partial charge is 0.463 e. The normalized spacial score (nSPS) is 10.6. The third-order valence-electron chi connectivity index (χ3n) is 3.32. The van der Waals surface area contributed by atoms with Crippen molar-refractivity contribution in [2.45, 2.75) is 6.42 Å². The number of carbonyl (C=O) groups is 1. The van der Waals surface area contributed by atoms with Gasteiger partial charge in [-0.15, -0.1) is 22.7 Å². The number of amides is 1. The van der Waals surface area contributed by atoms with Gasteiger partial charge < -0.3 is 15.1 Å². The number of nitrogens with zero attached hydrogens (tertiary/aromatic N) is 3. The van der Waals surface area contributed by atoms with Gasteiger partial charge in [0.2, 0.25) is 5.91 Å². The summed E-state index contributed by atoms with van der Waals surface area (Å²) in [6.45, 7) is 0. The summed E-state index contributed by atoms with van der Waals surface area (Å²) < 4.78 is 5.30. The second-order valence-electron chi connectivity index (χ2n) is 5.22. The van der Waals surface area contributed by atoms with E-state index in [1.807, 2.05) is 35.0 Å². The van der Waals surface area contributed by atoms with Gasteiger partial charge in [-0.05, 0) is 24.3 Å². The predicted octanol–water partition coefficient (Wildman–Crippen LogP) is 4.18. The maximum absolute atomic E-state index is 12.2. The van der Waals surface area contributed by atoms with Crippen LogP contribution in [0.25, 0.3) is 11.5 Å². The lowest BCUT2D eigenvalue weighted by Crippen LogP contribution is -2.14. The average molecular weight is 383 g/mol. The predicted molar refractivity (Wildman–Crippen MR) is 102 cm³/mol. The SMILES string of the molecule is O=C(Cc1csc(Nc2ccccn2)n1)Nc1nc(-c2ccco2)cs1. The molecule has 4 heterocycles. The number of pyridine rings is 1. The minimum absolute atomic E-state index is 0.167. The highest BCUT2D eigenvalue weighted by molar-refractivity contribution is 7.14. The van der Waals surface area contributed by atoms with Crippen molar-refractivity contribution in [3.05, 3.63) is 59.2 Å². The Bertz CT molecular complexity index is 995. The maximum Gasteiger partial charge on any atom is 0.232 e. The first kappa shape index (κ1) is 16.4. The fraction of sp³-hybridized carbons (Fsp3) is 0.0588. The zero-order valence-corrected chi connectivity index (χ0v) is 15.0. The van der Waals surface area contributed by atoms with Crippen LogP contribution in [0.5, 0.6) is 0 Å². The van der Waals surface area contributed by atoms with E-state index in [2.05, 4.69) is 25.6 Å². The summed E-state index contributed by atoms with van der Waals surface area (Å²) in [5.41, 5.74) is 1.39. The van der Waals surface area contributed by atoms with Crippen LogP contribution < -0.4 is 10.6 Å². The average Bonchev–Trinajstić information content (AvgIpc) is 3.37. The molecule has 4 aromatic rings. The Morgan fingerprint density at radius 3 is 2.81 bits per heavy atom. The number of furan rings is 1. The maximum atomic E-state index is 12.2. The Hall–Kier alpha value is -3.04. The summed E-state index contributed by atoms with van der Waals surface area (Å²) in [4.78, 5) is 25.2. The van der Waals surface area contributed by atoms with Crippen LogP contribution >= 0.6 is 22.7 Å². The first-order valence-electron chi connectivity index (χ1n) is 7.68. The van der Waals surface area contributed by atoms with Crippen LogP contribution in [-0.4, -0.2) is 20.9 Å². The van der Waals surface area contributed by atoms with E-state index in [9.17, 15) is 4.79 Å².